The summed E-state index contributed by atoms with van der Waals surface area (Å²) in [4.78, 5) is 11.7. The van der Waals surface area contributed by atoms with Crippen LogP contribution in [0.1, 0.15) is 45.4 Å². The van der Waals surface area contributed by atoms with E-state index in [9.17, 15) is 4.79 Å². The molecule has 1 amide bonds. The summed E-state index contributed by atoms with van der Waals surface area (Å²) in [5, 5.41) is 6.55. The summed E-state index contributed by atoms with van der Waals surface area (Å²) < 4.78 is 0. The number of hydrogen-bond donors (Lipinski definition) is 3. The van der Waals surface area contributed by atoms with Crippen molar-refractivity contribution in [1.29, 1.82) is 0 Å². The van der Waals surface area contributed by atoms with Gasteiger partial charge in [0.1, 0.15) is 0 Å². The van der Waals surface area contributed by atoms with E-state index in [2.05, 4.69) is 17.6 Å². The first-order valence-corrected chi connectivity index (χ1v) is 6.93. The zero-order valence-electron chi connectivity index (χ0n) is 10.7. The van der Waals surface area contributed by atoms with Crippen molar-refractivity contribution in [3.63, 3.8) is 0 Å². The fraction of sp³-hybridized carbons (Fsp3) is 0.923. The lowest BCUT2D eigenvalue weighted by Crippen LogP contribution is -2.45. The second-order valence-electron chi connectivity index (χ2n) is 5.76. The quantitative estimate of drug-likeness (QED) is 0.641. The van der Waals surface area contributed by atoms with Crippen LogP contribution in [-0.4, -0.2) is 30.6 Å². The van der Waals surface area contributed by atoms with Gasteiger partial charge in [-0.2, -0.15) is 0 Å². The molecule has 4 heteroatoms. The van der Waals surface area contributed by atoms with Gasteiger partial charge in [0.15, 0.2) is 0 Å². The molecule has 0 saturated heterocycles. The molecule has 2 rings (SSSR count). The summed E-state index contributed by atoms with van der Waals surface area (Å²) in [6.45, 7) is 2.84. The Morgan fingerprint density at radius 2 is 2.00 bits per heavy atom. The van der Waals surface area contributed by atoms with Crippen molar-refractivity contribution in [2.45, 2.75) is 63.6 Å². The van der Waals surface area contributed by atoms with Gasteiger partial charge >= 0.3 is 0 Å². The second kappa shape index (κ2) is 5.83. The number of nitrogens with two attached hydrogens (primary N) is 1. The predicted molar refractivity (Wildman–Crippen MR) is 68.6 cm³/mol. The first-order chi connectivity index (χ1) is 8.17. The number of nitrogens with one attached hydrogen (secondary N) is 2. The van der Waals surface area contributed by atoms with Crippen molar-refractivity contribution in [3.05, 3.63) is 0 Å². The molecule has 2 fully saturated rings. The molecular weight excluding hydrogens is 214 g/mol. The average Bonchev–Trinajstić information content (AvgIpc) is 3.00. The van der Waals surface area contributed by atoms with Crippen molar-refractivity contribution < 1.29 is 4.79 Å². The minimum atomic E-state index is 0.143. The molecule has 2 saturated carbocycles. The highest BCUT2D eigenvalue weighted by Gasteiger charge is 2.26. The standard InChI is InChI=1S/C13H25N3O/c1-9-2-3-11(6-9)15-12(8-14)7-13(17)16-10-4-5-10/h9-12,15H,2-8,14H2,1H3,(H,16,17). The Kier molecular flexibility index (Phi) is 4.40. The van der Waals surface area contributed by atoms with Crippen LogP contribution < -0.4 is 16.4 Å². The van der Waals surface area contributed by atoms with E-state index in [1.807, 2.05) is 0 Å². The van der Waals surface area contributed by atoms with E-state index in [1.165, 1.54) is 19.3 Å². The van der Waals surface area contributed by atoms with Crippen molar-refractivity contribution in [1.82, 2.24) is 10.6 Å². The SMILES string of the molecule is CC1CCC(NC(CN)CC(=O)NC2CC2)C1. The van der Waals surface area contributed by atoms with Crippen LogP contribution in [0, 0.1) is 5.92 Å². The van der Waals surface area contributed by atoms with Gasteiger partial charge < -0.3 is 16.4 Å². The Morgan fingerprint density at radius 3 is 2.53 bits per heavy atom. The molecule has 2 aliphatic carbocycles. The van der Waals surface area contributed by atoms with Gasteiger partial charge in [-0.25, -0.2) is 0 Å². The second-order valence-corrected chi connectivity index (χ2v) is 5.76. The Labute approximate surface area is 104 Å². The van der Waals surface area contributed by atoms with Gasteiger partial charge in [-0.15, -0.1) is 0 Å². The molecular formula is C13H25N3O. The molecule has 3 atom stereocenters. The van der Waals surface area contributed by atoms with Crippen molar-refractivity contribution >= 4 is 5.91 Å². The maximum Gasteiger partial charge on any atom is 0.221 e. The van der Waals surface area contributed by atoms with E-state index in [-0.39, 0.29) is 11.9 Å². The molecule has 0 aliphatic heterocycles. The van der Waals surface area contributed by atoms with Gasteiger partial charge in [-0.3, -0.25) is 4.79 Å². The molecule has 4 N–H and O–H groups in total. The molecule has 0 aromatic carbocycles. The topological polar surface area (TPSA) is 67.1 Å². The largest absolute Gasteiger partial charge is 0.353 e. The summed E-state index contributed by atoms with van der Waals surface area (Å²) in [5.41, 5.74) is 5.74. The molecule has 0 aromatic heterocycles. The summed E-state index contributed by atoms with van der Waals surface area (Å²) >= 11 is 0. The zero-order chi connectivity index (χ0) is 12.3. The van der Waals surface area contributed by atoms with Crippen molar-refractivity contribution in [2.24, 2.45) is 11.7 Å². The molecule has 4 nitrogen and oxygen atoms in total. The first kappa shape index (κ1) is 12.8. The fourth-order valence-corrected chi connectivity index (χ4v) is 2.64. The molecule has 0 bridgehead atoms. The van der Waals surface area contributed by atoms with Gasteiger partial charge in [-0.1, -0.05) is 6.92 Å². The maximum absolute atomic E-state index is 11.7. The van der Waals surface area contributed by atoms with E-state index in [1.54, 1.807) is 0 Å². The summed E-state index contributed by atoms with van der Waals surface area (Å²) in [6, 6.07) is 1.16. The zero-order valence-corrected chi connectivity index (χ0v) is 10.7. The maximum atomic E-state index is 11.7. The van der Waals surface area contributed by atoms with Gasteiger partial charge in [-0.05, 0) is 38.0 Å². The molecule has 0 spiro atoms. The van der Waals surface area contributed by atoms with Crippen LogP contribution in [-0.2, 0) is 4.79 Å². The Hall–Kier alpha value is -0.610. The Balaban J connectivity index is 1.69. The van der Waals surface area contributed by atoms with E-state index in [0.29, 0.717) is 25.0 Å². The highest BCUT2D eigenvalue weighted by Crippen LogP contribution is 2.25. The van der Waals surface area contributed by atoms with Crippen LogP contribution in [0.3, 0.4) is 0 Å². The van der Waals surface area contributed by atoms with Gasteiger partial charge in [0, 0.05) is 31.1 Å². The van der Waals surface area contributed by atoms with Crippen LogP contribution in [0.5, 0.6) is 0 Å². The molecule has 0 aromatic rings. The lowest BCUT2D eigenvalue weighted by molar-refractivity contribution is -0.121. The van der Waals surface area contributed by atoms with Crippen LogP contribution >= 0.6 is 0 Å². The van der Waals surface area contributed by atoms with Crippen LogP contribution in [0.2, 0.25) is 0 Å². The molecule has 0 radical (unpaired) electrons. The monoisotopic (exact) mass is 239 g/mol. The average molecular weight is 239 g/mol. The number of hydrogen-bond acceptors (Lipinski definition) is 3. The highest BCUT2D eigenvalue weighted by atomic mass is 16.1. The Morgan fingerprint density at radius 1 is 1.29 bits per heavy atom. The Bertz CT molecular complexity index is 265. The molecule has 98 valence electrons. The third-order valence-electron chi connectivity index (χ3n) is 3.82. The minimum absolute atomic E-state index is 0.143. The van der Waals surface area contributed by atoms with E-state index >= 15 is 0 Å². The van der Waals surface area contributed by atoms with E-state index < -0.39 is 0 Å². The van der Waals surface area contributed by atoms with E-state index in [4.69, 9.17) is 5.73 Å². The number of rotatable bonds is 6. The smallest absolute Gasteiger partial charge is 0.221 e. The summed E-state index contributed by atoms with van der Waals surface area (Å²) in [5.74, 6) is 0.965. The number of carbonyl (C=O) groups is 1. The minimum Gasteiger partial charge on any atom is -0.353 e. The molecule has 17 heavy (non-hydrogen) atoms. The van der Waals surface area contributed by atoms with Crippen LogP contribution in [0.4, 0.5) is 0 Å². The van der Waals surface area contributed by atoms with E-state index in [0.717, 1.165) is 18.8 Å². The van der Waals surface area contributed by atoms with Crippen LogP contribution in [0.25, 0.3) is 0 Å². The number of amides is 1. The predicted octanol–water partition coefficient (Wildman–Crippen LogP) is 0.761. The van der Waals surface area contributed by atoms with Gasteiger partial charge in [0.25, 0.3) is 0 Å². The summed E-state index contributed by atoms with van der Waals surface area (Å²) in [6.07, 6.45) is 6.56. The fourth-order valence-electron chi connectivity index (χ4n) is 2.64. The van der Waals surface area contributed by atoms with Crippen molar-refractivity contribution in [2.75, 3.05) is 6.54 Å². The number of carbonyl (C=O) groups excluding carboxylic acids is 1. The van der Waals surface area contributed by atoms with Gasteiger partial charge in [0.2, 0.25) is 5.91 Å². The molecule has 3 unspecified atom stereocenters. The van der Waals surface area contributed by atoms with Gasteiger partial charge in [0.05, 0.1) is 0 Å². The third kappa shape index (κ3) is 4.28. The lowest BCUT2D eigenvalue weighted by atomic mass is 10.1. The van der Waals surface area contributed by atoms with Crippen LogP contribution in [0.15, 0.2) is 0 Å². The lowest BCUT2D eigenvalue weighted by Gasteiger charge is -2.21. The third-order valence-corrected chi connectivity index (χ3v) is 3.82. The van der Waals surface area contributed by atoms with Crippen molar-refractivity contribution in [3.8, 4) is 0 Å². The highest BCUT2D eigenvalue weighted by molar-refractivity contribution is 5.77. The molecule has 2 aliphatic rings. The first-order valence-electron chi connectivity index (χ1n) is 6.93. The summed E-state index contributed by atoms with van der Waals surface area (Å²) in [7, 11) is 0. The normalized spacial score (nSPS) is 30.2. The molecule has 0 heterocycles.